The zero-order chi connectivity index (χ0) is 12.8. The van der Waals surface area contributed by atoms with Crippen LogP contribution in [0.1, 0.15) is 11.4 Å². The predicted molar refractivity (Wildman–Crippen MR) is 70.2 cm³/mol. The molecular formula is C14H14N4. The van der Waals surface area contributed by atoms with Gasteiger partial charge in [0.25, 0.3) is 0 Å². The summed E-state index contributed by atoms with van der Waals surface area (Å²) in [5.41, 5.74) is 2.51. The van der Waals surface area contributed by atoms with Gasteiger partial charge >= 0.3 is 0 Å². The fraction of sp³-hybridized carbons (Fsp3) is 0.214. The minimum Gasteiger partial charge on any atom is -0.374 e. The van der Waals surface area contributed by atoms with Crippen molar-refractivity contribution in [1.82, 2.24) is 9.97 Å². The summed E-state index contributed by atoms with van der Waals surface area (Å²) in [4.78, 5) is 10.3. The molecular weight excluding hydrogens is 224 g/mol. The van der Waals surface area contributed by atoms with Crippen LogP contribution in [0.4, 0.5) is 5.69 Å². The molecule has 2 aromatic heterocycles. The summed E-state index contributed by atoms with van der Waals surface area (Å²) in [6, 6.07) is 11.7. The quantitative estimate of drug-likeness (QED) is 0.817. The van der Waals surface area contributed by atoms with E-state index in [9.17, 15) is 0 Å². The number of nitrogens with zero attached hydrogens (tertiary/aromatic N) is 4. The lowest BCUT2D eigenvalue weighted by Gasteiger charge is -2.18. The van der Waals surface area contributed by atoms with Crippen molar-refractivity contribution in [2.45, 2.75) is 6.42 Å². The lowest BCUT2D eigenvalue weighted by molar-refractivity contribution is 0.851. The van der Waals surface area contributed by atoms with Crippen molar-refractivity contribution < 1.29 is 0 Å². The standard InChI is InChI=1S/C14H14N4/c1-18(9-6-12-4-2-3-7-16-12)14-5-8-17-13(10-14)11-15/h2-5,7-8,10H,6,9H2,1H3. The molecule has 4 nitrogen and oxygen atoms in total. The average Bonchev–Trinajstić information content (AvgIpc) is 2.46. The number of aromatic nitrogens is 2. The van der Waals surface area contributed by atoms with Crippen LogP contribution in [-0.4, -0.2) is 23.6 Å². The van der Waals surface area contributed by atoms with Crippen LogP contribution in [0.2, 0.25) is 0 Å². The molecule has 0 N–H and O–H groups in total. The summed E-state index contributed by atoms with van der Waals surface area (Å²) in [5, 5.41) is 8.81. The fourth-order valence-corrected chi connectivity index (χ4v) is 1.68. The van der Waals surface area contributed by atoms with E-state index in [2.05, 4.69) is 14.9 Å². The number of rotatable bonds is 4. The minimum absolute atomic E-state index is 0.442. The third kappa shape index (κ3) is 3.05. The number of anilines is 1. The summed E-state index contributed by atoms with van der Waals surface area (Å²) >= 11 is 0. The second-order valence-electron chi connectivity index (χ2n) is 4.00. The zero-order valence-corrected chi connectivity index (χ0v) is 10.2. The number of hydrogen-bond donors (Lipinski definition) is 0. The highest BCUT2D eigenvalue weighted by atomic mass is 15.1. The maximum absolute atomic E-state index is 8.81. The van der Waals surface area contributed by atoms with Crippen molar-refractivity contribution in [2.24, 2.45) is 0 Å². The minimum atomic E-state index is 0.442. The maximum Gasteiger partial charge on any atom is 0.142 e. The van der Waals surface area contributed by atoms with Gasteiger partial charge in [-0.15, -0.1) is 0 Å². The van der Waals surface area contributed by atoms with Gasteiger partial charge in [-0.3, -0.25) is 4.98 Å². The van der Waals surface area contributed by atoms with Gasteiger partial charge in [-0.05, 0) is 24.3 Å². The molecule has 0 radical (unpaired) electrons. The summed E-state index contributed by atoms with van der Waals surface area (Å²) in [7, 11) is 2.00. The number of hydrogen-bond acceptors (Lipinski definition) is 4. The first kappa shape index (κ1) is 12.1. The first-order valence-corrected chi connectivity index (χ1v) is 5.77. The molecule has 0 saturated carbocycles. The van der Waals surface area contributed by atoms with Gasteiger partial charge in [-0.1, -0.05) is 6.07 Å². The Morgan fingerprint density at radius 3 is 2.83 bits per heavy atom. The molecule has 18 heavy (non-hydrogen) atoms. The normalized spacial score (nSPS) is 9.78. The van der Waals surface area contributed by atoms with Crippen LogP contribution in [0.25, 0.3) is 0 Å². The van der Waals surface area contributed by atoms with Crippen molar-refractivity contribution >= 4 is 5.69 Å². The number of pyridine rings is 2. The molecule has 0 aliphatic rings. The van der Waals surface area contributed by atoms with E-state index in [1.54, 1.807) is 18.5 Å². The molecule has 0 aliphatic carbocycles. The Hall–Kier alpha value is -2.41. The van der Waals surface area contributed by atoms with Crippen molar-refractivity contribution in [2.75, 3.05) is 18.5 Å². The average molecular weight is 238 g/mol. The van der Waals surface area contributed by atoms with Crippen LogP contribution in [0.3, 0.4) is 0 Å². The lowest BCUT2D eigenvalue weighted by Crippen LogP contribution is -2.20. The van der Waals surface area contributed by atoms with E-state index in [0.29, 0.717) is 5.69 Å². The highest BCUT2D eigenvalue weighted by Gasteiger charge is 2.03. The molecule has 0 aliphatic heterocycles. The van der Waals surface area contributed by atoms with Crippen molar-refractivity contribution in [3.63, 3.8) is 0 Å². The van der Waals surface area contributed by atoms with Gasteiger partial charge in [0.1, 0.15) is 11.8 Å². The molecule has 90 valence electrons. The maximum atomic E-state index is 8.81. The smallest absolute Gasteiger partial charge is 0.142 e. The Labute approximate surface area is 107 Å². The highest BCUT2D eigenvalue weighted by Crippen LogP contribution is 2.12. The van der Waals surface area contributed by atoms with Gasteiger partial charge in [0.15, 0.2) is 0 Å². The topological polar surface area (TPSA) is 52.8 Å². The lowest BCUT2D eigenvalue weighted by atomic mass is 10.2. The second kappa shape index (κ2) is 5.78. The highest BCUT2D eigenvalue weighted by molar-refractivity contribution is 5.48. The van der Waals surface area contributed by atoms with Gasteiger partial charge in [-0.25, -0.2) is 4.98 Å². The second-order valence-corrected chi connectivity index (χ2v) is 4.00. The van der Waals surface area contributed by atoms with Crippen LogP contribution >= 0.6 is 0 Å². The Morgan fingerprint density at radius 2 is 2.11 bits per heavy atom. The fourth-order valence-electron chi connectivity index (χ4n) is 1.68. The molecule has 2 aromatic rings. The Morgan fingerprint density at radius 1 is 1.22 bits per heavy atom. The molecule has 0 bridgehead atoms. The number of nitriles is 1. The van der Waals surface area contributed by atoms with Gasteiger partial charge in [0.2, 0.25) is 0 Å². The van der Waals surface area contributed by atoms with Crippen LogP contribution in [0.15, 0.2) is 42.7 Å². The molecule has 0 atom stereocenters. The van der Waals surface area contributed by atoms with Crippen LogP contribution < -0.4 is 4.90 Å². The molecule has 0 fully saturated rings. The van der Waals surface area contributed by atoms with E-state index in [4.69, 9.17) is 5.26 Å². The van der Waals surface area contributed by atoms with Crippen molar-refractivity contribution in [3.05, 3.63) is 54.1 Å². The molecule has 0 spiro atoms. The monoisotopic (exact) mass is 238 g/mol. The summed E-state index contributed by atoms with van der Waals surface area (Å²) < 4.78 is 0. The largest absolute Gasteiger partial charge is 0.374 e. The molecule has 4 heteroatoms. The van der Waals surface area contributed by atoms with Crippen LogP contribution in [-0.2, 0) is 6.42 Å². The van der Waals surface area contributed by atoms with Gasteiger partial charge in [0, 0.05) is 43.8 Å². The first-order chi connectivity index (χ1) is 8.79. The van der Waals surface area contributed by atoms with E-state index in [0.717, 1.165) is 24.3 Å². The van der Waals surface area contributed by atoms with E-state index < -0.39 is 0 Å². The summed E-state index contributed by atoms with van der Waals surface area (Å²) in [6.45, 7) is 0.853. The first-order valence-electron chi connectivity index (χ1n) is 5.77. The Bertz CT molecular complexity index is 545. The van der Waals surface area contributed by atoms with Crippen molar-refractivity contribution in [1.29, 1.82) is 5.26 Å². The third-order valence-corrected chi connectivity index (χ3v) is 2.73. The summed E-state index contributed by atoms with van der Waals surface area (Å²) in [6.07, 6.45) is 4.34. The van der Waals surface area contributed by atoms with E-state index in [1.807, 2.05) is 37.4 Å². The van der Waals surface area contributed by atoms with Gasteiger partial charge < -0.3 is 4.90 Å². The molecule has 2 heterocycles. The Balaban J connectivity index is 1.99. The van der Waals surface area contributed by atoms with Gasteiger partial charge in [-0.2, -0.15) is 5.26 Å². The molecule has 2 rings (SSSR count). The van der Waals surface area contributed by atoms with Crippen LogP contribution in [0.5, 0.6) is 0 Å². The van der Waals surface area contributed by atoms with Crippen molar-refractivity contribution in [3.8, 4) is 6.07 Å². The van der Waals surface area contributed by atoms with Crippen LogP contribution in [0, 0.1) is 11.3 Å². The molecule has 0 aromatic carbocycles. The Kier molecular flexibility index (Phi) is 3.87. The SMILES string of the molecule is CN(CCc1ccccn1)c1ccnc(C#N)c1. The number of likely N-dealkylation sites (N-methyl/N-ethyl adjacent to an activating group) is 1. The molecule has 0 unspecified atom stereocenters. The predicted octanol–water partition coefficient (Wildman–Crippen LogP) is 2.03. The van der Waals surface area contributed by atoms with E-state index >= 15 is 0 Å². The summed E-state index contributed by atoms with van der Waals surface area (Å²) in [5.74, 6) is 0. The van der Waals surface area contributed by atoms with E-state index in [1.165, 1.54) is 0 Å². The van der Waals surface area contributed by atoms with E-state index in [-0.39, 0.29) is 0 Å². The third-order valence-electron chi connectivity index (χ3n) is 2.73. The van der Waals surface area contributed by atoms with Gasteiger partial charge in [0.05, 0.1) is 0 Å². The molecule has 0 amide bonds. The molecule has 0 saturated heterocycles. The zero-order valence-electron chi connectivity index (χ0n) is 10.2.